The first-order valence-electron chi connectivity index (χ1n) is 8.31. The zero-order valence-electron chi connectivity index (χ0n) is 14.9. The van der Waals surface area contributed by atoms with Gasteiger partial charge in [0.25, 0.3) is 5.88 Å². The maximum Gasteiger partial charge on any atom is 0.416 e. The van der Waals surface area contributed by atoms with E-state index in [9.17, 15) is 22.4 Å². The first-order chi connectivity index (χ1) is 13.8. The first kappa shape index (κ1) is 20.2. The molecule has 2 aromatic carbocycles. The number of ether oxygens (including phenoxy) is 2. The normalized spacial score (nSPS) is 11.2. The SMILES string of the molecule is CCOC(=O)c1nnc(-c2ccc(C(F)(F)F)cc2)nc1Oc1ccc(F)cc1. The Morgan fingerprint density at radius 1 is 1.00 bits per heavy atom. The molecule has 0 atom stereocenters. The molecule has 0 saturated carbocycles. The molecule has 0 bridgehead atoms. The maximum atomic E-state index is 13.1. The molecule has 0 aliphatic heterocycles. The summed E-state index contributed by atoms with van der Waals surface area (Å²) in [5, 5.41) is 7.53. The highest BCUT2D eigenvalue weighted by atomic mass is 19.4. The predicted molar refractivity (Wildman–Crippen MR) is 92.7 cm³/mol. The lowest BCUT2D eigenvalue weighted by Gasteiger charge is -2.10. The van der Waals surface area contributed by atoms with Crippen molar-refractivity contribution in [1.82, 2.24) is 15.2 Å². The molecule has 1 aromatic heterocycles. The van der Waals surface area contributed by atoms with Crippen molar-refractivity contribution in [3.8, 4) is 23.0 Å². The van der Waals surface area contributed by atoms with E-state index in [0.717, 1.165) is 24.3 Å². The second kappa shape index (κ2) is 8.21. The Bertz CT molecular complexity index is 1010. The summed E-state index contributed by atoms with van der Waals surface area (Å²) < 4.78 is 61.7. The molecule has 3 aromatic rings. The van der Waals surface area contributed by atoms with Crippen LogP contribution in [0.5, 0.6) is 11.6 Å². The minimum Gasteiger partial charge on any atom is -0.461 e. The summed E-state index contributed by atoms with van der Waals surface area (Å²) in [7, 11) is 0. The van der Waals surface area contributed by atoms with Crippen molar-refractivity contribution in [2.75, 3.05) is 6.61 Å². The van der Waals surface area contributed by atoms with Crippen molar-refractivity contribution >= 4 is 5.97 Å². The first-order valence-corrected chi connectivity index (χ1v) is 8.31. The molecular formula is C19H13F4N3O3. The average Bonchev–Trinajstić information content (AvgIpc) is 2.69. The summed E-state index contributed by atoms with van der Waals surface area (Å²) in [4.78, 5) is 16.2. The largest absolute Gasteiger partial charge is 0.461 e. The molecule has 10 heteroatoms. The number of carbonyl (C=O) groups is 1. The van der Waals surface area contributed by atoms with E-state index in [1.807, 2.05) is 0 Å². The Balaban J connectivity index is 1.99. The van der Waals surface area contributed by atoms with Crippen LogP contribution in [0, 0.1) is 5.82 Å². The van der Waals surface area contributed by atoms with Crippen LogP contribution in [0.3, 0.4) is 0 Å². The minimum absolute atomic E-state index is 0.0658. The van der Waals surface area contributed by atoms with Crippen molar-refractivity contribution in [3.63, 3.8) is 0 Å². The molecule has 0 fully saturated rings. The molecular weight excluding hydrogens is 394 g/mol. The number of carbonyl (C=O) groups excluding carboxylic acids is 1. The molecule has 1 heterocycles. The van der Waals surface area contributed by atoms with Gasteiger partial charge in [-0.2, -0.15) is 18.2 Å². The Hall–Kier alpha value is -3.56. The lowest BCUT2D eigenvalue weighted by atomic mass is 10.1. The summed E-state index contributed by atoms with van der Waals surface area (Å²) in [5.41, 5.74) is -0.933. The number of esters is 1. The number of nitrogens with zero attached hydrogens (tertiary/aromatic N) is 3. The fourth-order valence-corrected chi connectivity index (χ4v) is 2.26. The predicted octanol–water partition coefficient (Wildman–Crippen LogP) is 4.67. The third-order valence-electron chi connectivity index (χ3n) is 3.62. The number of alkyl halides is 3. The monoisotopic (exact) mass is 407 g/mol. The van der Waals surface area contributed by atoms with Gasteiger partial charge in [0.2, 0.25) is 5.69 Å². The van der Waals surface area contributed by atoms with Gasteiger partial charge in [0.05, 0.1) is 12.2 Å². The third-order valence-corrected chi connectivity index (χ3v) is 3.62. The average molecular weight is 407 g/mol. The van der Waals surface area contributed by atoms with E-state index in [1.165, 1.54) is 24.3 Å². The van der Waals surface area contributed by atoms with Gasteiger partial charge < -0.3 is 9.47 Å². The second-order valence-electron chi connectivity index (χ2n) is 5.64. The highest BCUT2D eigenvalue weighted by molar-refractivity contribution is 5.89. The number of hydrogen-bond donors (Lipinski definition) is 0. The highest BCUT2D eigenvalue weighted by Crippen LogP contribution is 2.31. The molecule has 0 saturated heterocycles. The van der Waals surface area contributed by atoms with Crippen LogP contribution in [0.4, 0.5) is 17.6 Å². The van der Waals surface area contributed by atoms with Gasteiger partial charge in [-0.3, -0.25) is 0 Å². The number of rotatable bonds is 5. The van der Waals surface area contributed by atoms with E-state index in [4.69, 9.17) is 9.47 Å². The van der Waals surface area contributed by atoms with E-state index in [2.05, 4.69) is 15.2 Å². The van der Waals surface area contributed by atoms with E-state index in [-0.39, 0.29) is 35.3 Å². The standard InChI is InChI=1S/C19H13F4N3O3/c1-2-28-18(27)15-17(29-14-9-7-13(20)8-10-14)24-16(26-25-15)11-3-5-12(6-4-11)19(21,22)23/h3-10H,2H2,1H3. The number of aromatic nitrogens is 3. The van der Waals surface area contributed by atoms with Gasteiger partial charge in [-0.25, -0.2) is 9.18 Å². The van der Waals surface area contributed by atoms with E-state index in [1.54, 1.807) is 6.92 Å². The van der Waals surface area contributed by atoms with Gasteiger partial charge in [0.15, 0.2) is 5.82 Å². The van der Waals surface area contributed by atoms with E-state index in [0.29, 0.717) is 0 Å². The van der Waals surface area contributed by atoms with Crippen LogP contribution in [-0.2, 0) is 10.9 Å². The molecule has 0 unspecified atom stereocenters. The maximum absolute atomic E-state index is 13.1. The van der Waals surface area contributed by atoms with E-state index >= 15 is 0 Å². The minimum atomic E-state index is -4.48. The van der Waals surface area contributed by atoms with Crippen LogP contribution in [0.15, 0.2) is 48.5 Å². The van der Waals surface area contributed by atoms with Gasteiger partial charge in [0, 0.05) is 5.56 Å². The molecule has 0 spiro atoms. The van der Waals surface area contributed by atoms with Crippen molar-refractivity contribution in [2.45, 2.75) is 13.1 Å². The fourth-order valence-electron chi connectivity index (χ4n) is 2.26. The molecule has 0 radical (unpaired) electrons. The van der Waals surface area contributed by atoms with Crippen molar-refractivity contribution in [3.05, 3.63) is 65.6 Å². The summed E-state index contributed by atoms with van der Waals surface area (Å²) in [6.45, 7) is 1.66. The van der Waals surface area contributed by atoms with Crippen molar-refractivity contribution in [2.24, 2.45) is 0 Å². The molecule has 0 aliphatic carbocycles. The lowest BCUT2D eigenvalue weighted by molar-refractivity contribution is -0.137. The van der Waals surface area contributed by atoms with Crippen molar-refractivity contribution < 1.29 is 31.8 Å². The molecule has 6 nitrogen and oxygen atoms in total. The summed E-state index contributed by atoms with van der Waals surface area (Å²) >= 11 is 0. The quantitative estimate of drug-likeness (QED) is 0.452. The Labute approximate surface area is 162 Å². The third kappa shape index (κ3) is 4.84. The van der Waals surface area contributed by atoms with Crippen LogP contribution in [0.25, 0.3) is 11.4 Å². The smallest absolute Gasteiger partial charge is 0.416 e. The summed E-state index contributed by atoms with van der Waals surface area (Å²) in [5.74, 6) is -1.52. The van der Waals surface area contributed by atoms with Crippen molar-refractivity contribution in [1.29, 1.82) is 0 Å². The molecule has 0 amide bonds. The zero-order chi connectivity index (χ0) is 21.0. The Kier molecular flexibility index (Phi) is 5.71. The van der Waals surface area contributed by atoms with Crippen LogP contribution in [0.1, 0.15) is 23.0 Å². The Morgan fingerprint density at radius 2 is 1.66 bits per heavy atom. The molecule has 150 valence electrons. The highest BCUT2D eigenvalue weighted by Gasteiger charge is 2.30. The van der Waals surface area contributed by atoms with Gasteiger partial charge in [-0.05, 0) is 43.3 Å². The number of hydrogen-bond acceptors (Lipinski definition) is 6. The lowest BCUT2D eigenvalue weighted by Crippen LogP contribution is -2.12. The van der Waals surface area contributed by atoms with Crippen LogP contribution in [0.2, 0.25) is 0 Å². The molecule has 29 heavy (non-hydrogen) atoms. The second-order valence-corrected chi connectivity index (χ2v) is 5.64. The summed E-state index contributed by atoms with van der Waals surface area (Å²) in [6, 6.07) is 9.00. The fraction of sp³-hybridized carbons (Fsp3) is 0.158. The Morgan fingerprint density at radius 3 is 2.24 bits per heavy atom. The van der Waals surface area contributed by atoms with Crippen LogP contribution in [-0.4, -0.2) is 27.8 Å². The number of benzene rings is 2. The molecule has 0 N–H and O–H groups in total. The summed E-state index contributed by atoms with van der Waals surface area (Å²) in [6.07, 6.45) is -4.48. The van der Waals surface area contributed by atoms with Crippen LogP contribution < -0.4 is 4.74 Å². The van der Waals surface area contributed by atoms with Gasteiger partial charge in [-0.1, -0.05) is 12.1 Å². The van der Waals surface area contributed by atoms with Crippen LogP contribution >= 0.6 is 0 Å². The van der Waals surface area contributed by atoms with Gasteiger partial charge in [0.1, 0.15) is 11.6 Å². The molecule has 3 rings (SSSR count). The van der Waals surface area contributed by atoms with E-state index < -0.39 is 23.5 Å². The molecule has 0 aliphatic rings. The topological polar surface area (TPSA) is 74.2 Å². The zero-order valence-corrected chi connectivity index (χ0v) is 14.9. The van der Waals surface area contributed by atoms with Gasteiger partial charge in [-0.15, -0.1) is 10.2 Å². The number of halogens is 4. The van der Waals surface area contributed by atoms with Gasteiger partial charge >= 0.3 is 12.1 Å².